The maximum atomic E-state index is 3.79. The van der Waals surface area contributed by atoms with E-state index in [1.807, 2.05) is 0 Å². The minimum atomic E-state index is 0.364. The predicted molar refractivity (Wildman–Crippen MR) is 63.5 cm³/mol. The Labute approximate surface area is 89.7 Å². The topological polar surface area (TPSA) is 12.0 Å². The Morgan fingerprint density at radius 3 is 2.21 bits per heavy atom. The van der Waals surface area contributed by atoms with Crippen LogP contribution in [-0.2, 0) is 0 Å². The van der Waals surface area contributed by atoms with Gasteiger partial charge in [-0.15, -0.1) is 0 Å². The zero-order valence-electron chi connectivity index (χ0n) is 10.4. The summed E-state index contributed by atoms with van der Waals surface area (Å²) in [6.45, 7) is 9.27. The Bertz CT molecular complexity index is 157. The molecule has 0 radical (unpaired) electrons. The van der Waals surface area contributed by atoms with Gasteiger partial charge >= 0.3 is 0 Å². The molecular weight excluding hydrogens is 170 g/mol. The molecule has 1 unspecified atom stereocenters. The van der Waals surface area contributed by atoms with Gasteiger partial charge in [-0.25, -0.2) is 0 Å². The highest BCUT2D eigenvalue weighted by Crippen LogP contribution is 2.31. The molecule has 1 rings (SSSR count). The molecule has 0 bridgehead atoms. The van der Waals surface area contributed by atoms with Crippen LogP contribution in [0.2, 0.25) is 0 Å². The third-order valence-corrected chi connectivity index (χ3v) is 4.07. The van der Waals surface area contributed by atoms with E-state index in [0.717, 1.165) is 5.92 Å². The lowest BCUT2D eigenvalue weighted by molar-refractivity contribution is 0.225. The van der Waals surface area contributed by atoms with Gasteiger partial charge in [-0.2, -0.15) is 0 Å². The Morgan fingerprint density at radius 1 is 1.29 bits per heavy atom. The fourth-order valence-corrected chi connectivity index (χ4v) is 2.34. The number of rotatable bonds is 6. The van der Waals surface area contributed by atoms with Crippen LogP contribution in [0.3, 0.4) is 0 Å². The van der Waals surface area contributed by atoms with Crippen LogP contribution in [0.5, 0.6) is 0 Å². The fourth-order valence-electron chi connectivity index (χ4n) is 2.34. The highest BCUT2D eigenvalue weighted by Gasteiger charge is 2.25. The second-order valence-corrected chi connectivity index (χ2v) is 5.35. The van der Waals surface area contributed by atoms with Crippen LogP contribution in [0.15, 0.2) is 0 Å². The van der Waals surface area contributed by atoms with E-state index in [4.69, 9.17) is 0 Å². The minimum Gasteiger partial charge on any atom is -0.309 e. The van der Waals surface area contributed by atoms with Crippen LogP contribution in [-0.4, -0.2) is 11.6 Å². The maximum absolute atomic E-state index is 3.79. The highest BCUT2D eigenvalue weighted by molar-refractivity contribution is 4.84. The lowest BCUT2D eigenvalue weighted by Crippen LogP contribution is -2.47. The van der Waals surface area contributed by atoms with E-state index in [9.17, 15) is 0 Å². The summed E-state index contributed by atoms with van der Waals surface area (Å²) in [6, 6.07) is 0.699. The fraction of sp³-hybridized carbons (Fsp3) is 1.00. The summed E-state index contributed by atoms with van der Waals surface area (Å²) < 4.78 is 0. The monoisotopic (exact) mass is 197 g/mol. The molecule has 1 fully saturated rings. The van der Waals surface area contributed by atoms with Gasteiger partial charge in [-0.05, 0) is 39.0 Å². The van der Waals surface area contributed by atoms with Gasteiger partial charge in [-0.3, -0.25) is 0 Å². The van der Waals surface area contributed by atoms with Crippen molar-refractivity contribution in [1.82, 2.24) is 5.32 Å². The molecule has 0 aliphatic heterocycles. The standard InChI is InChI=1S/C13H27N/c1-5-13(4,6-2)14-11(3)10-12-8-7-9-12/h11-12,14H,5-10H2,1-4H3. The normalized spacial score (nSPS) is 20.6. The van der Waals surface area contributed by atoms with Crippen LogP contribution < -0.4 is 5.32 Å². The van der Waals surface area contributed by atoms with Crippen molar-refractivity contribution in [3.05, 3.63) is 0 Å². The molecule has 1 N–H and O–H groups in total. The van der Waals surface area contributed by atoms with E-state index in [2.05, 4.69) is 33.0 Å². The quantitative estimate of drug-likeness (QED) is 0.684. The summed E-state index contributed by atoms with van der Waals surface area (Å²) in [5.41, 5.74) is 0.364. The summed E-state index contributed by atoms with van der Waals surface area (Å²) in [7, 11) is 0. The van der Waals surface area contributed by atoms with E-state index in [1.54, 1.807) is 0 Å². The molecule has 1 nitrogen and oxygen atoms in total. The van der Waals surface area contributed by atoms with Gasteiger partial charge in [0.25, 0.3) is 0 Å². The van der Waals surface area contributed by atoms with Gasteiger partial charge in [0, 0.05) is 11.6 Å². The van der Waals surface area contributed by atoms with E-state index < -0.39 is 0 Å². The molecule has 0 spiro atoms. The van der Waals surface area contributed by atoms with Gasteiger partial charge in [-0.1, -0.05) is 33.1 Å². The lowest BCUT2D eigenvalue weighted by atomic mass is 9.80. The predicted octanol–water partition coefficient (Wildman–Crippen LogP) is 3.73. The third-order valence-electron chi connectivity index (χ3n) is 4.07. The van der Waals surface area contributed by atoms with E-state index in [-0.39, 0.29) is 0 Å². The molecule has 1 aliphatic rings. The molecule has 84 valence electrons. The van der Waals surface area contributed by atoms with Crippen LogP contribution in [0.1, 0.15) is 66.2 Å². The first kappa shape index (κ1) is 12.0. The number of nitrogens with one attached hydrogen (secondary N) is 1. The molecule has 1 heteroatoms. The molecule has 14 heavy (non-hydrogen) atoms. The van der Waals surface area contributed by atoms with E-state index in [0.29, 0.717) is 11.6 Å². The Morgan fingerprint density at radius 2 is 1.86 bits per heavy atom. The molecule has 1 aliphatic carbocycles. The Kier molecular flexibility index (Phi) is 4.43. The van der Waals surface area contributed by atoms with Crippen molar-refractivity contribution in [1.29, 1.82) is 0 Å². The van der Waals surface area contributed by atoms with Gasteiger partial charge in [0.1, 0.15) is 0 Å². The third kappa shape index (κ3) is 3.27. The highest BCUT2D eigenvalue weighted by atomic mass is 15.0. The second-order valence-electron chi connectivity index (χ2n) is 5.35. The Balaban J connectivity index is 2.26. The van der Waals surface area contributed by atoms with Crippen molar-refractivity contribution >= 4 is 0 Å². The van der Waals surface area contributed by atoms with Crippen molar-refractivity contribution in [2.75, 3.05) is 0 Å². The van der Waals surface area contributed by atoms with Gasteiger partial charge in [0.2, 0.25) is 0 Å². The molecule has 0 aromatic carbocycles. The smallest absolute Gasteiger partial charge is 0.0150 e. The van der Waals surface area contributed by atoms with Crippen LogP contribution in [0.25, 0.3) is 0 Å². The molecule has 0 amide bonds. The lowest BCUT2D eigenvalue weighted by Gasteiger charge is -2.35. The average Bonchev–Trinajstić information content (AvgIpc) is 2.11. The van der Waals surface area contributed by atoms with E-state index >= 15 is 0 Å². The van der Waals surface area contributed by atoms with Crippen LogP contribution >= 0.6 is 0 Å². The van der Waals surface area contributed by atoms with E-state index in [1.165, 1.54) is 38.5 Å². The van der Waals surface area contributed by atoms with Gasteiger partial charge < -0.3 is 5.32 Å². The second kappa shape index (κ2) is 5.16. The molecule has 0 saturated heterocycles. The first-order valence-corrected chi connectivity index (χ1v) is 6.37. The van der Waals surface area contributed by atoms with Crippen molar-refractivity contribution in [2.24, 2.45) is 5.92 Å². The van der Waals surface area contributed by atoms with Gasteiger partial charge in [0.05, 0.1) is 0 Å². The molecule has 0 aromatic heterocycles. The van der Waals surface area contributed by atoms with Crippen molar-refractivity contribution < 1.29 is 0 Å². The molecule has 0 aromatic rings. The SMILES string of the molecule is CCC(C)(CC)NC(C)CC1CCC1. The van der Waals surface area contributed by atoms with Crippen LogP contribution in [0.4, 0.5) is 0 Å². The first-order chi connectivity index (χ1) is 6.59. The van der Waals surface area contributed by atoms with Gasteiger partial charge in [0.15, 0.2) is 0 Å². The zero-order valence-corrected chi connectivity index (χ0v) is 10.4. The first-order valence-electron chi connectivity index (χ1n) is 6.37. The molecule has 1 saturated carbocycles. The Hall–Kier alpha value is -0.0400. The molecule has 1 atom stereocenters. The number of hydrogen-bond acceptors (Lipinski definition) is 1. The zero-order chi connectivity index (χ0) is 10.6. The summed E-state index contributed by atoms with van der Waals surface area (Å²) in [6.07, 6.45) is 8.27. The number of hydrogen-bond donors (Lipinski definition) is 1. The van der Waals surface area contributed by atoms with Crippen molar-refractivity contribution in [2.45, 2.75) is 77.8 Å². The largest absolute Gasteiger partial charge is 0.309 e. The molecule has 0 heterocycles. The summed E-state index contributed by atoms with van der Waals surface area (Å²) in [5.74, 6) is 1.02. The molecular formula is C13H27N. The maximum Gasteiger partial charge on any atom is 0.0150 e. The summed E-state index contributed by atoms with van der Waals surface area (Å²) >= 11 is 0. The van der Waals surface area contributed by atoms with Crippen LogP contribution in [0, 0.1) is 5.92 Å². The average molecular weight is 197 g/mol. The minimum absolute atomic E-state index is 0.364. The summed E-state index contributed by atoms with van der Waals surface area (Å²) in [5, 5.41) is 3.79. The van der Waals surface area contributed by atoms with Crippen molar-refractivity contribution in [3.63, 3.8) is 0 Å². The van der Waals surface area contributed by atoms with Crippen molar-refractivity contribution in [3.8, 4) is 0 Å². The summed E-state index contributed by atoms with van der Waals surface area (Å²) in [4.78, 5) is 0.